The molecule has 0 bridgehead atoms. The van der Waals surface area contributed by atoms with Crippen molar-refractivity contribution in [1.82, 2.24) is 10.2 Å². The average Bonchev–Trinajstić information content (AvgIpc) is 2.82. The zero-order valence-electron chi connectivity index (χ0n) is 10.1. The lowest BCUT2D eigenvalue weighted by molar-refractivity contribution is 0.596. The molecule has 6 nitrogen and oxygen atoms in total. The Morgan fingerprint density at radius 3 is 2.89 bits per heavy atom. The fraction of sp³-hybridized carbons (Fsp3) is 0.182. The van der Waals surface area contributed by atoms with E-state index in [4.69, 9.17) is 5.73 Å². The number of hydrogen-bond acceptors (Lipinski definition) is 4. The van der Waals surface area contributed by atoms with Gasteiger partial charge in [0, 0.05) is 16.6 Å². The van der Waals surface area contributed by atoms with E-state index in [0.717, 1.165) is 5.56 Å². The summed E-state index contributed by atoms with van der Waals surface area (Å²) >= 11 is 3.30. The van der Waals surface area contributed by atoms with Crippen LogP contribution in [0.5, 0.6) is 0 Å². The molecule has 1 heterocycles. The number of aromatic nitrogens is 2. The Hall–Kier alpha value is -1.38. The number of aromatic amines is 1. The summed E-state index contributed by atoms with van der Waals surface area (Å²) in [7, 11) is -3.73. The van der Waals surface area contributed by atoms with Gasteiger partial charge in [0.05, 0.1) is 11.9 Å². The van der Waals surface area contributed by atoms with E-state index in [-0.39, 0.29) is 11.6 Å². The molecular weight excluding hydrogens is 332 g/mol. The van der Waals surface area contributed by atoms with Gasteiger partial charge in [0.15, 0.2) is 5.03 Å². The van der Waals surface area contributed by atoms with E-state index in [1.807, 2.05) is 13.0 Å². The summed E-state index contributed by atoms with van der Waals surface area (Å²) in [6.45, 7) is 1.98. The van der Waals surface area contributed by atoms with Crippen molar-refractivity contribution in [2.45, 2.75) is 18.5 Å². The maximum atomic E-state index is 12.2. The van der Waals surface area contributed by atoms with Crippen LogP contribution in [0.25, 0.3) is 0 Å². The van der Waals surface area contributed by atoms with Crippen molar-refractivity contribution in [1.29, 1.82) is 0 Å². The molecule has 2 rings (SSSR count). The van der Waals surface area contributed by atoms with E-state index in [2.05, 4.69) is 30.8 Å². The molecule has 0 aliphatic carbocycles. The molecule has 0 aliphatic rings. The van der Waals surface area contributed by atoms with Crippen LogP contribution < -0.4 is 10.5 Å². The third-order valence-electron chi connectivity index (χ3n) is 2.53. The highest BCUT2D eigenvalue weighted by Gasteiger charge is 2.21. The molecule has 4 N–H and O–H groups in total. The Kier molecular flexibility index (Phi) is 3.93. The largest absolute Gasteiger partial charge is 0.326 e. The standard InChI is InChI=1S/C11H13BrN4O2S/c1-7-2-3-9(12)10(4-7)16-19(17,18)11-8(5-13)6-14-15-11/h2-4,6,16H,5,13H2,1H3,(H,14,15). The topological polar surface area (TPSA) is 101 Å². The third kappa shape index (κ3) is 2.96. The first-order valence-electron chi connectivity index (χ1n) is 5.45. The molecule has 19 heavy (non-hydrogen) atoms. The number of H-pyrrole nitrogens is 1. The average molecular weight is 345 g/mol. The summed E-state index contributed by atoms with van der Waals surface area (Å²) in [4.78, 5) is 0. The van der Waals surface area contributed by atoms with Crippen LogP contribution >= 0.6 is 15.9 Å². The Morgan fingerprint density at radius 1 is 1.47 bits per heavy atom. The highest BCUT2D eigenvalue weighted by molar-refractivity contribution is 9.10. The molecule has 0 spiro atoms. The highest BCUT2D eigenvalue weighted by atomic mass is 79.9. The number of aryl methyl sites for hydroxylation is 1. The van der Waals surface area contributed by atoms with E-state index in [9.17, 15) is 8.42 Å². The molecule has 1 aromatic carbocycles. The second-order valence-corrected chi connectivity index (χ2v) is 6.49. The van der Waals surface area contributed by atoms with Crippen molar-refractivity contribution in [3.05, 3.63) is 40.0 Å². The van der Waals surface area contributed by atoms with Gasteiger partial charge in [-0.2, -0.15) is 13.5 Å². The molecule has 8 heteroatoms. The summed E-state index contributed by atoms with van der Waals surface area (Å²) < 4.78 is 27.7. The van der Waals surface area contributed by atoms with Gasteiger partial charge >= 0.3 is 0 Å². The number of halogens is 1. The monoisotopic (exact) mass is 344 g/mol. The molecule has 0 unspecified atom stereocenters. The number of nitrogens with one attached hydrogen (secondary N) is 2. The van der Waals surface area contributed by atoms with Gasteiger partial charge in [-0.25, -0.2) is 0 Å². The van der Waals surface area contributed by atoms with Gasteiger partial charge in [-0.3, -0.25) is 9.82 Å². The first-order chi connectivity index (χ1) is 8.94. The lowest BCUT2D eigenvalue weighted by atomic mass is 10.2. The van der Waals surface area contributed by atoms with E-state index < -0.39 is 10.0 Å². The van der Waals surface area contributed by atoms with Crippen molar-refractivity contribution in [2.24, 2.45) is 5.73 Å². The number of nitrogens with two attached hydrogens (primary N) is 1. The molecule has 0 radical (unpaired) electrons. The van der Waals surface area contributed by atoms with Crippen molar-refractivity contribution in [2.75, 3.05) is 4.72 Å². The number of sulfonamides is 1. The SMILES string of the molecule is Cc1ccc(Br)c(NS(=O)(=O)c2[nH]ncc2CN)c1. The molecule has 2 aromatic rings. The molecule has 0 saturated carbocycles. The minimum Gasteiger partial charge on any atom is -0.326 e. The molecule has 0 saturated heterocycles. The lowest BCUT2D eigenvalue weighted by Crippen LogP contribution is -2.16. The Balaban J connectivity index is 2.39. The minimum atomic E-state index is -3.73. The van der Waals surface area contributed by atoms with Gasteiger partial charge in [0.25, 0.3) is 10.0 Å². The van der Waals surface area contributed by atoms with E-state index >= 15 is 0 Å². The van der Waals surface area contributed by atoms with Crippen LogP contribution in [0.2, 0.25) is 0 Å². The molecular formula is C11H13BrN4O2S. The van der Waals surface area contributed by atoms with E-state index in [1.54, 1.807) is 12.1 Å². The van der Waals surface area contributed by atoms with Gasteiger partial charge in [-0.1, -0.05) is 6.07 Å². The summed E-state index contributed by atoms with van der Waals surface area (Å²) in [6.07, 6.45) is 1.40. The quantitative estimate of drug-likeness (QED) is 0.786. The Morgan fingerprint density at radius 2 is 2.21 bits per heavy atom. The number of anilines is 1. The lowest BCUT2D eigenvalue weighted by Gasteiger charge is -2.10. The molecule has 0 atom stereocenters. The van der Waals surface area contributed by atoms with Crippen molar-refractivity contribution >= 4 is 31.6 Å². The van der Waals surface area contributed by atoms with Crippen LogP contribution in [-0.4, -0.2) is 18.6 Å². The third-order valence-corrected chi connectivity index (χ3v) is 4.60. The minimum absolute atomic E-state index is 0.0107. The van der Waals surface area contributed by atoms with Gasteiger partial charge in [0.2, 0.25) is 0 Å². The van der Waals surface area contributed by atoms with Crippen LogP contribution in [0.15, 0.2) is 33.9 Å². The Bertz CT molecular complexity index is 696. The smallest absolute Gasteiger partial charge is 0.279 e. The highest BCUT2D eigenvalue weighted by Crippen LogP contribution is 2.26. The summed E-state index contributed by atoms with van der Waals surface area (Å²) in [5, 5.41) is 6.15. The number of nitrogens with zero attached hydrogens (tertiary/aromatic N) is 1. The first kappa shape index (κ1) is 14.0. The summed E-state index contributed by atoms with van der Waals surface area (Å²) in [6, 6.07) is 5.40. The summed E-state index contributed by atoms with van der Waals surface area (Å²) in [5.74, 6) is 0. The second kappa shape index (κ2) is 5.32. The zero-order chi connectivity index (χ0) is 14.0. The van der Waals surface area contributed by atoms with E-state index in [0.29, 0.717) is 15.7 Å². The van der Waals surface area contributed by atoms with Gasteiger partial charge in [0.1, 0.15) is 0 Å². The van der Waals surface area contributed by atoms with Crippen LogP contribution in [0.1, 0.15) is 11.1 Å². The van der Waals surface area contributed by atoms with Crippen molar-refractivity contribution in [3.8, 4) is 0 Å². The first-order valence-corrected chi connectivity index (χ1v) is 7.73. The second-order valence-electron chi connectivity index (χ2n) is 4.02. The van der Waals surface area contributed by atoms with Gasteiger partial charge < -0.3 is 5.73 Å². The molecule has 0 amide bonds. The summed E-state index contributed by atoms with van der Waals surface area (Å²) in [5.41, 5.74) is 7.34. The fourth-order valence-corrected chi connectivity index (χ4v) is 3.28. The van der Waals surface area contributed by atoms with Crippen LogP contribution in [-0.2, 0) is 16.6 Å². The Labute approximate surface area is 119 Å². The zero-order valence-corrected chi connectivity index (χ0v) is 12.5. The normalized spacial score (nSPS) is 11.5. The molecule has 1 aromatic heterocycles. The maximum Gasteiger partial charge on any atom is 0.279 e. The van der Waals surface area contributed by atoms with Crippen LogP contribution in [0.3, 0.4) is 0 Å². The van der Waals surface area contributed by atoms with E-state index in [1.165, 1.54) is 6.20 Å². The van der Waals surface area contributed by atoms with Crippen LogP contribution in [0, 0.1) is 6.92 Å². The van der Waals surface area contributed by atoms with Crippen molar-refractivity contribution < 1.29 is 8.42 Å². The number of hydrogen-bond donors (Lipinski definition) is 3. The predicted octanol–water partition coefficient (Wildman–Crippen LogP) is 1.74. The fourth-order valence-electron chi connectivity index (χ4n) is 1.59. The molecule has 0 fully saturated rings. The maximum absolute atomic E-state index is 12.2. The van der Waals surface area contributed by atoms with Crippen LogP contribution in [0.4, 0.5) is 5.69 Å². The van der Waals surface area contributed by atoms with Gasteiger partial charge in [-0.15, -0.1) is 0 Å². The molecule has 0 aliphatic heterocycles. The number of rotatable bonds is 4. The predicted molar refractivity (Wildman–Crippen MR) is 76.2 cm³/mol. The van der Waals surface area contributed by atoms with Crippen molar-refractivity contribution in [3.63, 3.8) is 0 Å². The number of benzene rings is 1. The molecule has 102 valence electrons. The van der Waals surface area contributed by atoms with Gasteiger partial charge in [-0.05, 0) is 40.5 Å².